The summed E-state index contributed by atoms with van der Waals surface area (Å²) in [7, 11) is -9.63. The van der Waals surface area contributed by atoms with Crippen LogP contribution in [0.3, 0.4) is 0 Å². The molecule has 0 radical (unpaired) electrons. The number of benzene rings is 2. The second kappa shape index (κ2) is 6.02. The summed E-state index contributed by atoms with van der Waals surface area (Å²) in [5.74, 6) is -2.16. The van der Waals surface area contributed by atoms with Crippen LogP contribution in [-0.2, 0) is 20.2 Å². The van der Waals surface area contributed by atoms with Crippen LogP contribution in [0, 0.1) is 0 Å². The van der Waals surface area contributed by atoms with E-state index in [1.165, 1.54) is 6.07 Å². The predicted molar refractivity (Wildman–Crippen MR) is 89.3 cm³/mol. The third kappa shape index (κ3) is 3.35. The first kappa shape index (κ1) is 18.8. The number of rotatable bonds is 4. The van der Waals surface area contributed by atoms with Crippen LogP contribution >= 0.6 is 0 Å². The number of nitrogens with zero attached hydrogens (tertiary/aromatic N) is 2. The molecule has 0 spiro atoms. The van der Waals surface area contributed by atoms with E-state index in [-0.39, 0.29) is 16.5 Å². The van der Waals surface area contributed by atoms with Gasteiger partial charge in [-0.2, -0.15) is 21.9 Å². The number of aromatic nitrogens is 2. The lowest BCUT2D eigenvalue weighted by Crippen LogP contribution is -2.06. The molecule has 27 heavy (non-hydrogen) atoms. The van der Waals surface area contributed by atoms with E-state index in [2.05, 4.69) is 5.10 Å². The van der Waals surface area contributed by atoms with Gasteiger partial charge in [0.1, 0.15) is 9.79 Å². The van der Waals surface area contributed by atoms with Gasteiger partial charge in [0.05, 0.1) is 5.69 Å². The summed E-state index contributed by atoms with van der Waals surface area (Å²) in [4.78, 5) is 9.60. The zero-order chi connectivity index (χ0) is 20.1. The number of carboxylic acid groups (broad SMARTS) is 1. The summed E-state index contributed by atoms with van der Waals surface area (Å²) in [6.45, 7) is 0. The third-order valence-corrected chi connectivity index (χ3v) is 5.42. The van der Waals surface area contributed by atoms with E-state index in [9.17, 15) is 35.8 Å². The van der Waals surface area contributed by atoms with Crippen LogP contribution in [0.4, 0.5) is 0 Å². The molecule has 0 aliphatic rings. The summed E-state index contributed by atoms with van der Waals surface area (Å²) < 4.78 is 66.2. The number of carboxylic acids is 1. The van der Waals surface area contributed by atoms with Gasteiger partial charge in [-0.05, 0) is 18.2 Å². The van der Waals surface area contributed by atoms with E-state index in [1.807, 2.05) is 0 Å². The molecule has 0 saturated heterocycles. The van der Waals surface area contributed by atoms with E-state index in [0.717, 1.165) is 30.3 Å². The van der Waals surface area contributed by atoms with Crippen LogP contribution in [0.25, 0.3) is 16.5 Å². The molecule has 0 aliphatic carbocycles. The fraction of sp³-hybridized carbons (Fsp3) is 0. The summed E-state index contributed by atoms with van der Waals surface area (Å²) in [5.41, 5.74) is -0.833. The number of carbonyl (C=O) groups is 1. The van der Waals surface area contributed by atoms with Gasteiger partial charge in [-0.15, -0.1) is 0 Å². The van der Waals surface area contributed by atoms with E-state index >= 15 is 0 Å². The highest BCUT2D eigenvalue weighted by Crippen LogP contribution is 2.32. The van der Waals surface area contributed by atoms with Gasteiger partial charge in [-0.25, -0.2) is 9.48 Å². The van der Waals surface area contributed by atoms with Gasteiger partial charge in [0.2, 0.25) is 5.88 Å². The molecule has 2 aromatic carbocycles. The highest BCUT2D eigenvalue weighted by molar-refractivity contribution is 7.86. The molecule has 0 saturated carbocycles. The van der Waals surface area contributed by atoms with Crippen LogP contribution in [0.5, 0.6) is 5.88 Å². The lowest BCUT2D eigenvalue weighted by Gasteiger charge is -2.11. The molecule has 0 aliphatic heterocycles. The summed E-state index contributed by atoms with van der Waals surface area (Å²) >= 11 is 0. The van der Waals surface area contributed by atoms with Gasteiger partial charge >= 0.3 is 5.97 Å². The molecular formula is C14H10N2O9S2. The molecule has 0 bridgehead atoms. The Morgan fingerprint density at radius 3 is 2.07 bits per heavy atom. The van der Waals surface area contributed by atoms with Crippen molar-refractivity contribution in [1.29, 1.82) is 0 Å². The van der Waals surface area contributed by atoms with Crippen LogP contribution < -0.4 is 0 Å². The first-order chi connectivity index (χ1) is 12.4. The van der Waals surface area contributed by atoms with Crippen molar-refractivity contribution in [2.75, 3.05) is 0 Å². The molecule has 0 atom stereocenters. The molecule has 1 aromatic heterocycles. The van der Waals surface area contributed by atoms with Crippen molar-refractivity contribution in [1.82, 2.24) is 9.78 Å². The van der Waals surface area contributed by atoms with Crippen molar-refractivity contribution >= 4 is 37.0 Å². The average Bonchev–Trinajstić information content (AvgIpc) is 2.93. The van der Waals surface area contributed by atoms with Gasteiger partial charge in [0.25, 0.3) is 20.2 Å². The fourth-order valence-electron chi connectivity index (χ4n) is 2.54. The van der Waals surface area contributed by atoms with Gasteiger partial charge in [0, 0.05) is 16.8 Å². The van der Waals surface area contributed by atoms with Crippen LogP contribution in [0.15, 0.2) is 46.2 Å². The molecule has 0 amide bonds. The van der Waals surface area contributed by atoms with Gasteiger partial charge < -0.3 is 10.2 Å². The van der Waals surface area contributed by atoms with Crippen molar-refractivity contribution in [3.8, 4) is 11.6 Å². The van der Waals surface area contributed by atoms with Crippen molar-refractivity contribution in [2.45, 2.75) is 9.79 Å². The number of aromatic carboxylic acids is 1. The van der Waals surface area contributed by atoms with Crippen LogP contribution in [0.2, 0.25) is 0 Å². The lowest BCUT2D eigenvalue weighted by molar-refractivity contribution is 0.0690. The number of hydrogen-bond acceptors (Lipinski definition) is 7. The van der Waals surface area contributed by atoms with Crippen molar-refractivity contribution in [3.05, 3.63) is 42.1 Å². The van der Waals surface area contributed by atoms with Crippen molar-refractivity contribution in [3.63, 3.8) is 0 Å². The van der Waals surface area contributed by atoms with Gasteiger partial charge in [-0.1, -0.05) is 12.1 Å². The van der Waals surface area contributed by atoms with Crippen molar-refractivity contribution in [2.24, 2.45) is 0 Å². The molecule has 13 heteroatoms. The molecule has 11 nitrogen and oxygen atoms in total. The lowest BCUT2D eigenvalue weighted by atomic mass is 10.1. The molecule has 1 heterocycles. The predicted octanol–water partition coefficient (Wildman–Crippen LogP) is 0.923. The van der Waals surface area contributed by atoms with Crippen molar-refractivity contribution < 1.29 is 40.9 Å². The average molecular weight is 414 g/mol. The highest BCUT2D eigenvalue weighted by atomic mass is 32.2. The quantitative estimate of drug-likeness (QED) is 0.448. The van der Waals surface area contributed by atoms with Gasteiger partial charge in [0.15, 0.2) is 5.69 Å². The summed E-state index contributed by atoms with van der Waals surface area (Å²) in [6, 6.07) is 6.07. The maximum absolute atomic E-state index is 11.7. The minimum Gasteiger partial charge on any atom is -0.493 e. The number of fused-ring (bicyclic) bond motifs is 1. The third-order valence-electron chi connectivity index (χ3n) is 3.61. The minimum absolute atomic E-state index is 0.221. The van der Waals surface area contributed by atoms with Gasteiger partial charge in [-0.3, -0.25) is 9.11 Å². The second-order valence-electron chi connectivity index (χ2n) is 5.35. The Kier molecular flexibility index (Phi) is 4.19. The first-order valence-electron chi connectivity index (χ1n) is 6.94. The zero-order valence-electron chi connectivity index (χ0n) is 13.0. The molecule has 3 rings (SSSR count). The Bertz CT molecular complexity index is 1310. The van der Waals surface area contributed by atoms with Crippen LogP contribution in [-0.4, -0.2) is 51.9 Å². The monoisotopic (exact) mass is 414 g/mol. The highest BCUT2D eigenvalue weighted by Gasteiger charge is 2.23. The zero-order valence-corrected chi connectivity index (χ0v) is 14.6. The smallest absolute Gasteiger partial charge is 0.356 e. The Hall–Kier alpha value is -3.00. The topological polar surface area (TPSA) is 184 Å². The van der Waals surface area contributed by atoms with Crippen LogP contribution in [0.1, 0.15) is 10.5 Å². The molecule has 0 unspecified atom stereocenters. The van der Waals surface area contributed by atoms with E-state index in [0.29, 0.717) is 4.68 Å². The Morgan fingerprint density at radius 1 is 0.926 bits per heavy atom. The minimum atomic E-state index is -4.86. The second-order valence-corrected chi connectivity index (χ2v) is 8.13. The number of hydrogen-bond donors (Lipinski definition) is 4. The van der Waals surface area contributed by atoms with E-state index < -0.39 is 47.6 Å². The van der Waals surface area contributed by atoms with E-state index in [4.69, 9.17) is 5.11 Å². The largest absolute Gasteiger partial charge is 0.493 e. The fourth-order valence-corrected chi connectivity index (χ4v) is 3.96. The summed E-state index contributed by atoms with van der Waals surface area (Å²) in [5, 5.41) is 21.9. The molecular weight excluding hydrogens is 404 g/mol. The van der Waals surface area contributed by atoms with E-state index in [1.54, 1.807) is 0 Å². The maximum atomic E-state index is 11.7. The number of aromatic hydroxyl groups is 1. The maximum Gasteiger partial charge on any atom is 0.356 e. The molecule has 0 fully saturated rings. The Balaban J connectivity index is 2.48. The molecule has 3 aromatic rings. The Morgan fingerprint density at radius 2 is 1.56 bits per heavy atom. The summed E-state index contributed by atoms with van der Waals surface area (Å²) in [6.07, 6.45) is 0. The normalized spacial score (nSPS) is 12.4. The standard InChI is InChI=1S/C14H10N2O9S2/c17-13-6-10(14(18)19)15-16(13)7-4-9-8(12(5-7)27(23,24)25)2-1-3-11(9)26(20,21)22/h1-6,17H,(H,18,19)(H,20,21,22)(H,23,24,25). The molecule has 4 N–H and O–H groups in total. The first-order valence-corrected chi connectivity index (χ1v) is 9.82. The Labute approximate surface area is 151 Å². The molecule has 142 valence electrons. The SMILES string of the molecule is O=C(O)c1cc(O)n(-c2cc(S(=O)(=O)O)c3cccc(S(=O)(=O)O)c3c2)n1.